The van der Waals surface area contributed by atoms with Crippen LogP contribution in [0.1, 0.15) is 5.56 Å². The molecule has 0 aliphatic carbocycles. The van der Waals surface area contributed by atoms with Gasteiger partial charge in [0.2, 0.25) is 0 Å². The van der Waals surface area contributed by atoms with Gasteiger partial charge in [-0.2, -0.15) is 0 Å². The fraction of sp³-hybridized carbons (Fsp3) is 0.125. The van der Waals surface area contributed by atoms with Gasteiger partial charge in [0.25, 0.3) is 5.56 Å². The molecule has 1 unspecified atom stereocenters. The first-order valence-electron chi connectivity index (χ1n) is 9.77. The molecule has 5 aromatic rings. The maximum absolute atomic E-state index is 13.4. The molecule has 0 aliphatic rings. The summed E-state index contributed by atoms with van der Waals surface area (Å²) in [6, 6.07) is 15.0. The van der Waals surface area contributed by atoms with Crippen LogP contribution in [0.2, 0.25) is 0 Å². The topological polar surface area (TPSA) is 77.7 Å². The molecule has 0 N–H and O–H groups in total. The van der Waals surface area contributed by atoms with Gasteiger partial charge >= 0.3 is 5.97 Å². The molecule has 154 valence electrons. The second-order valence-corrected chi connectivity index (χ2v) is 8.87. The van der Waals surface area contributed by atoms with E-state index in [1.165, 1.54) is 0 Å². The van der Waals surface area contributed by atoms with Gasteiger partial charge in [-0.25, -0.2) is 9.78 Å². The Morgan fingerprint density at radius 2 is 1.97 bits per heavy atom. The zero-order chi connectivity index (χ0) is 21.7. The third-order valence-electron chi connectivity index (χ3n) is 5.41. The summed E-state index contributed by atoms with van der Waals surface area (Å²) < 4.78 is 19.6. The summed E-state index contributed by atoms with van der Waals surface area (Å²) in [5.74, 6) is -0.391. The van der Waals surface area contributed by atoms with Crippen molar-refractivity contribution in [3.8, 4) is 0 Å². The predicted octanol–water partition coefficient (Wildman–Crippen LogP) is 3.74. The number of ether oxygens (including phenoxy) is 1. The smallest absolute Gasteiger partial charge is 0.330 e. The Kier molecular flexibility index (Phi) is 4.55. The van der Waals surface area contributed by atoms with Crippen LogP contribution in [0.5, 0.6) is 0 Å². The standard InChI is InChI=1S/C24H18N2O4S/c1-3-21(27)30-11-12-31(29)20-10-8-16-22-15(20)5-4-6-17(22)24(28)26-19-9-7-14(2)13-18(19)25-23(16)26/h3-10,13H,1,11-12H2,2H3. The van der Waals surface area contributed by atoms with Gasteiger partial charge in [0, 0.05) is 27.1 Å². The van der Waals surface area contributed by atoms with E-state index in [1.807, 2.05) is 37.3 Å². The summed E-state index contributed by atoms with van der Waals surface area (Å²) in [6.45, 7) is 5.36. The van der Waals surface area contributed by atoms with Crippen LogP contribution in [0.3, 0.4) is 0 Å². The monoisotopic (exact) mass is 430 g/mol. The Hall–Kier alpha value is -3.58. The molecule has 0 spiro atoms. The van der Waals surface area contributed by atoms with E-state index in [0.29, 0.717) is 15.9 Å². The Balaban J connectivity index is 1.74. The molecule has 1 atom stereocenters. The summed E-state index contributed by atoms with van der Waals surface area (Å²) in [6.07, 6.45) is 1.07. The quantitative estimate of drug-likeness (QED) is 0.314. The average molecular weight is 430 g/mol. The van der Waals surface area contributed by atoms with Crippen molar-refractivity contribution in [3.63, 3.8) is 0 Å². The highest BCUT2D eigenvalue weighted by Crippen LogP contribution is 2.33. The van der Waals surface area contributed by atoms with Crippen LogP contribution < -0.4 is 5.56 Å². The lowest BCUT2D eigenvalue weighted by Gasteiger charge is -2.11. The van der Waals surface area contributed by atoms with Crippen molar-refractivity contribution in [1.82, 2.24) is 9.38 Å². The van der Waals surface area contributed by atoms with E-state index < -0.39 is 16.8 Å². The lowest BCUT2D eigenvalue weighted by atomic mass is 10.0. The van der Waals surface area contributed by atoms with Crippen molar-refractivity contribution in [2.45, 2.75) is 11.8 Å². The zero-order valence-electron chi connectivity index (χ0n) is 16.8. The summed E-state index contributed by atoms with van der Waals surface area (Å²) in [7, 11) is -1.41. The van der Waals surface area contributed by atoms with E-state index in [-0.39, 0.29) is 17.9 Å². The van der Waals surface area contributed by atoms with E-state index >= 15 is 0 Å². The van der Waals surface area contributed by atoms with Crippen molar-refractivity contribution < 1.29 is 13.7 Å². The van der Waals surface area contributed by atoms with Crippen LogP contribution in [0.15, 0.2) is 70.9 Å². The average Bonchev–Trinajstić information content (AvgIpc) is 3.15. The molecule has 7 heteroatoms. The third-order valence-corrected chi connectivity index (χ3v) is 6.79. The minimum absolute atomic E-state index is 0.0223. The van der Waals surface area contributed by atoms with Gasteiger partial charge in [-0.3, -0.25) is 13.4 Å². The van der Waals surface area contributed by atoms with Gasteiger partial charge in [0.15, 0.2) is 0 Å². The first-order chi connectivity index (χ1) is 15.0. The lowest BCUT2D eigenvalue weighted by molar-refractivity contribution is -0.137. The van der Waals surface area contributed by atoms with Crippen molar-refractivity contribution in [2.75, 3.05) is 12.4 Å². The first kappa shape index (κ1) is 19.4. The van der Waals surface area contributed by atoms with Crippen LogP contribution in [0.25, 0.3) is 38.2 Å². The van der Waals surface area contributed by atoms with Gasteiger partial charge in [0.05, 0.1) is 27.6 Å². The molecule has 3 aromatic carbocycles. The lowest BCUT2D eigenvalue weighted by Crippen LogP contribution is -2.14. The normalized spacial score (nSPS) is 12.7. The first-order valence-corrected chi connectivity index (χ1v) is 11.1. The fourth-order valence-corrected chi connectivity index (χ4v) is 5.12. The molecule has 0 saturated heterocycles. The number of imidazole rings is 1. The van der Waals surface area contributed by atoms with Crippen molar-refractivity contribution in [3.05, 3.63) is 77.1 Å². The minimum atomic E-state index is -1.41. The highest BCUT2D eigenvalue weighted by atomic mass is 32.2. The molecule has 0 aliphatic heterocycles. The molecule has 0 amide bonds. The Morgan fingerprint density at radius 1 is 1.16 bits per heavy atom. The number of hydrogen-bond acceptors (Lipinski definition) is 5. The third kappa shape index (κ3) is 3.00. The maximum Gasteiger partial charge on any atom is 0.330 e. The van der Waals surface area contributed by atoms with Crippen LogP contribution in [-0.4, -0.2) is 31.9 Å². The molecule has 5 rings (SSSR count). The number of aromatic nitrogens is 2. The molecule has 0 radical (unpaired) electrons. The van der Waals surface area contributed by atoms with Crippen molar-refractivity contribution in [2.24, 2.45) is 0 Å². The Morgan fingerprint density at radius 3 is 2.77 bits per heavy atom. The molecule has 6 nitrogen and oxygen atoms in total. The second kappa shape index (κ2) is 7.28. The molecule has 2 aromatic heterocycles. The van der Waals surface area contributed by atoms with Gasteiger partial charge < -0.3 is 4.74 Å². The largest absolute Gasteiger partial charge is 0.462 e. The number of nitrogens with zero attached hydrogens (tertiary/aromatic N) is 2. The Bertz CT molecular complexity index is 1600. The molecular formula is C24H18N2O4S. The van der Waals surface area contributed by atoms with Crippen LogP contribution in [0, 0.1) is 6.92 Å². The van der Waals surface area contributed by atoms with E-state index in [4.69, 9.17) is 9.72 Å². The van der Waals surface area contributed by atoms with Gasteiger partial charge in [-0.05, 0) is 48.2 Å². The van der Waals surface area contributed by atoms with E-state index in [0.717, 1.165) is 38.8 Å². The molecular weight excluding hydrogens is 412 g/mol. The number of pyridine rings is 1. The van der Waals surface area contributed by atoms with E-state index in [1.54, 1.807) is 22.6 Å². The predicted molar refractivity (Wildman–Crippen MR) is 122 cm³/mol. The highest BCUT2D eigenvalue weighted by Gasteiger charge is 2.19. The van der Waals surface area contributed by atoms with Gasteiger partial charge in [-0.1, -0.05) is 24.8 Å². The molecule has 31 heavy (non-hydrogen) atoms. The summed E-state index contributed by atoms with van der Waals surface area (Å²) >= 11 is 0. The van der Waals surface area contributed by atoms with E-state index in [2.05, 4.69) is 6.58 Å². The SMILES string of the molecule is C=CC(=O)OCCS(=O)c1ccc2c3c1cccc3c(=O)n1c3ccc(C)cc3nc21. The zero-order valence-corrected chi connectivity index (χ0v) is 17.6. The number of fused-ring (bicyclic) bond motifs is 4. The Labute approximate surface area is 179 Å². The summed E-state index contributed by atoms with van der Waals surface area (Å²) in [4.78, 5) is 30.0. The van der Waals surface area contributed by atoms with Crippen molar-refractivity contribution in [1.29, 1.82) is 0 Å². The minimum Gasteiger partial charge on any atom is -0.462 e. The number of rotatable bonds is 5. The van der Waals surface area contributed by atoms with Gasteiger partial charge in [0.1, 0.15) is 12.3 Å². The van der Waals surface area contributed by atoms with Crippen molar-refractivity contribution >= 4 is 55.0 Å². The molecule has 0 saturated carbocycles. The van der Waals surface area contributed by atoms with Crippen LogP contribution >= 0.6 is 0 Å². The maximum atomic E-state index is 13.4. The van der Waals surface area contributed by atoms with E-state index in [9.17, 15) is 13.8 Å². The number of aryl methyl sites for hydroxylation is 1. The summed E-state index contributed by atoms with van der Waals surface area (Å²) in [5, 5.41) is 2.88. The number of esters is 1. The molecule has 2 heterocycles. The molecule has 0 bridgehead atoms. The second-order valence-electron chi connectivity index (χ2n) is 7.33. The number of carbonyl (C=O) groups is 1. The van der Waals surface area contributed by atoms with Crippen LogP contribution in [-0.2, 0) is 20.3 Å². The highest BCUT2D eigenvalue weighted by molar-refractivity contribution is 7.85. The number of benzene rings is 3. The summed E-state index contributed by atoms with van der Waals surface area (Å²) in [5.41, 5.74) is 3.04. The van der Waals surface area contributed by atoms with Crippen LogP contribution in [0.4, 0.5) is 0 Å². The van der Waals surface area contributed by atoms with Gasteiger partial charge in [-0.15, -0.1) is 0 Å². The number of hydrogen-bond donors (Lipinski definition) is 0. The molecule has 0 fully saturated rings. The fourth-order valence-electron chi connectivity index (χ4n) is 4.03. The number of carbonyl (C=O) groups excluding carboxylic acids is 1.